The average molecular weight is 391 g/mol. The predicted octanol–water partition coefficient (Wildman–Crippen LogP) is 3.61. The molecule has 0 aliphatic carbocycles. The van der Waals surface area contributed by atoms with Gasteiger partial charge in [0.15, 0.2) is 5.69 Å². The van der Waals surface area contributed by atoms with Crippen molar-refractivity contribution in [3.8, 4) is 5.69 Å². The third-order valence-electron chi connectivity index (χ3n) is 4.25. The van der Waals surface area contributed by atoms with Gasteiger partial charge in [-0.05, 0) is 31.9 Å². The van der Waals surface area contributed by atoms with Gasteiger partial charge in [0.25, 0.3) is 5.91 Å². The summed E-state index contributed by atoms with van der Waals surface area (Å²) in [5.74, 6) is -0.784. The van der Waals surface area contributed by atoms with Crippen molar-refractivity contribution in [2.45, 2.75) is 32.5 Å². The molecule has 0 aliphatic rings. The number of aryl methyl sites for hydroxylation is 2. The summed E-state index contributed by atoms with van der Waals surface area (Å²) in [6.45, 7) is 2.85. The second-order valence-electron chi connectivity index (χ2n) is 6.42. The molecule has 0 saturated heterocycles. The van der Waals surface area contributed by atoms with Crippen molar-refractivity contribution in [1.29, 1.82) is 0 Å². The molecule has 148 valence electrons. The minimum absolute atomic E-state index is 0.248. The third-order valence-corrected chi connectivity index (χ3v) is 4.25. The van der Waals surface area contributed by atoms with E-state index < -0.39 is 23.3 Å². The van der Waals surface area contributed by atoms with Crippen LogP contribution in [0.25, 0.3) is 5.69 Å². The number of nitrogens with one attached hydrogen (secondary N) is 1. The van der Waals surface area contributed by atoms with Crippen LogP contribution in [0.1, 0.15) is 34.5 Å². The molecule has 6 nitrogen and oxygen atoms in total. The number of hydrogen-bond donors (Lipinski definition) is 1. The molecule has 1 aromatic carbocycles. The molecule has 0 unspecified atom stereocenters. The maximum absolute atomic E-state index is 13.6. The van der Waals surface area contributed by atoms with Crippen LogP contribution in [-0.2, 0) is 12.7 Å². The van der Waals surface area contributed by atoms with Gasteiger partial charge in [-0.1, -0.05) is 17.7 Å². The SMILES string of the molecule is Cc1ccc(-n2ncc(C(=O)NCCCCn3ccnc3)c2C(F)(F)F)cc1. The Morgan fingerprint density at radius 2 is 1.93 bits per heavy atom. The van der Waals surface area contributed by atoms with Crippen LogP contribution >= 0.6 is 0 Å². The quantitative estimate of drug-likeness (QED) is 0.626. The molecule has 0 spiro atoms. The van der Waals surface area contributed by atoms with E-state index in [0.29, 0.717) is 6.42 Å². The van der Waals surface area contributed by atoms with Crippen LogP contribution in [0.4, 0.5) is 13.2 Å². The van der Waals surface area contributed by atoms with Gasteiger partial charge in [-0.3, -0.25) is 4.79 Å². The minimum atomic E-state index is -4.71. The maximum Gasteiger partial charge on any atom is 0.434 e. The first kappa shape index (κ1) is 19.7. The Kier molecular flexibility index (Phi) is 5.81. The molecule has 0 saturated carbocycles. The average Bonchev–Trinajstić information content (AvgIpc) is 3.31. The van der Waals surface area contributed by atoms with Crippen LogP contribution in [0.5, 0.6) is 0 Å². The van der Waals surface area contributed by atoms with Crippen molar-refractivity contribution in [2.24, 2.45) is 0 Å². The lowest BCUT2D eigenvalue weighted by Gasteiger charge is -2.13. The first-order chi connectivity index (χ1) is 13.4. The van der Waals surface area contributed by atoms with Crippen molar-refractivity contribution in [1.82, 2.24) is 24.6 Å². The van der Waals surface area contributed by atoms with Crippen LogP contribution in [0.3, 0.4) is 0 Å². The molecule has 2 aromatic heterocycles. The molecule has 2 heterocycles. The molecule has 0 radical (unpaired) electrons. The van der Waals surface area contributed by atoms with Gasteiger partial charge in [0.2, 0.25) is 0 Å². The smallest absolute Gasteiger partial charge is 0.352 e. The number of nitrogens with zero attached hydrogens (tertiary/aromatic N) is 4. The zero-order chi connectivity index (χ0) is 20.1. The molecule has 0 atom stereocenters. The van der Waals surface area contributed by atoms with Gasteiger partial charge < -0.3 is 9.88 Å². The summed E-state index contributed by atoms with van der Waals surface area (Å²) in [6, 6.07) is 6.46. The number of halogens is 3. The summed E-state index contributed by atoms with van der Waals surface area (Å²) in [4.78, 5) is 16.3. The molecule has 3 rings (SSSR count). The highest BCUT2D eigenvalue weighted by molar-refractivity contribution is 5.95. The van der Waals surface area contributed by atoms with E-state index in [1.54, 1.807) is 24.7 Å². The molecule has 0 bridgehead atoms. The topological polar surface area (TPSA) is 64.7 Å². The summed E-state index contributed by atoms with van der Waals surface area (Å²) in [6.07, 6.45) is 2.84. The van der Waals surface area contributed by atoms with Gasteiger partial charge >= 0.3 is 6.18 Å². The number of rotatable bonds is 7. The highest BCUT2D eigenvalue weighted by Gasteiger charge is 2.40. The maximum atomic E-state index is 13.6. The Balaban J connectivity index is 1.68. The Labute approximate surface area is 160 Å². The van der Waals surface area contributed by atoms with Gasteiger partial charge in [0.1, 0.15) is 0 Å². The Hall–Kier alpha value is -3.10. The molecule has 9 heteroatoms. The second-order valence-corrected chi connectivity index (χ2v) is 6.42. The van der Waals surface area contributed by atoms with E-state index in [9.17, 15) is 18.0 Å². The van der Waals surface area contributed by atoms with E-state index in [1.165, 1.54) is 12.1 Å². The van der Waals surface area contributed by atoms with E-state index in [0.717, 1.165) is 29.4 Å². The van der Waals surface area contributed by atoms with Crippen LogP contribution in [-0.4, -0.2) is 31.8 Å². The number of alkyl halides is 3. The number of imidazole rings is 1. The lowest BCUT2D eigenvalue weighted by molar-refractivity contribution is -0.143. The highest BCUT2D eigenvalue weighted by atomic mass is 19.4. The first-order valence-electron chi connectivity index (χ1n) is 8.82. The zero-order valence-electron chi connectivity index (χ0n) is 15.3. The molecule has 1 amide bonds. The zero-order valence-corrected chi connectivity index (χ0v) is 15.3. The van der Waals surface area contributed by atoms with E-state index in [2.05, 4.69) is 15.4 Å². The molecular weight excluding hydrogens is 371 g/mol. The number of amides is 1. The number of benzene rings is 1. The summed E-state index contributed by atoms with van der Waals surface area (Å²) < 4.78 is 43.5. The summed E-state index contributed by atoms with van der Waals surface area (Å²) >= 11 is 0. The molecule has 0 aliphatic heterocycles. The Bertz CT molecular complexity index is 914. The van der Waals surface area contributed by atoms with Crippen molar-refractivity contribution in [3.63, 3.8) is 0 Å². The van der Waals surface area contributed by atoms with E-state index in [4.69, 9.17) is 0 Å². The Morgan fingerprint density at radius 3 is 2.57 bits per heavy atom. The predicted molar refractivity (Wildman–Crippen MR) is 97.1 cm³/mol. The lowest BCUT2D eigenvalue weighted by Crippen LogP contribution is -2.27. The summed E-state index contributed by atoms with van der Waals surface area (Å²) in [5, 5.41) is 6.36. The fourth-order valence-electron chi connectivity index (χ4n) is 2.80. The minimum Gasteiger partial charge on any atom is -0.352 e. The van der Waals surface area contributed by atoms with E-state index in [-0.39, 0.29) is 12.2 Å². The van der Waals surface area contributed by atoms with Crippen LogP contribution in [0, 0.1) is 6.92 Å². The summed E-state index contributed by atoms with van der Waals surface area (Å²) in [7, 11) is 0. The number of carbonyl (C=O) groups is 1. The van der Waals surface area contributed by atoms with Gasteiger partial charge in [-0.25, -0.2) is 9.67 Å². The van der Waals surface area contributed by atoms with Crippen molar-refractivity contribution < 1.29 is 18.0 Å². The molecule has 3 aromatic rings. The largest absolute Gasteiger partial charge is 0.434 e. The monoisotopic (exact) mass is 391 g/mol. The van der Waals surface area contributed by atoms with Crippen molar-refractivity contribution in [2.75, 3.05) is 6.54 Å². The number of unbranched alkanes of at least 4 members (excludes halogenated alkanes) is 1. The standard InChI is InChI=1S/C19H20F3N5O/c1-14-4-6-15(7-5-14)27-17(19(20,21)22)16(12-25-27)18(28)24-8-2-3-10-26-11-9-23-13-26/h4-7,9,11-13H,2-3,8,10H2,1H3,(H,24,28). The Morgan fingerprint density at radius 1 is 1.18 bits per heavy atom. The van der Waals surface area contributed by atoms with Crippen LogP contribution in [0.2, 0.25) is 0 Å². The number of hydrogen-bond acceptors (Lipinski definition) is 3. The van der Waals surface area contributed by atoms with Gasteiger partial charge in [-0.15, -0.1) is 0 Å². The number of aromatic nitrogens is 4. The molecular formula is C19H20F3N5O. The van der Waals surface area contributed by atoms with E-state index >= 15 is 0 Å². The fourth-order valence-corrected chi connectivity index (χ4v) is 2.80. The normalized spacial score (nSPS) is 11.6. The number of carbonyl (C=O) groups excluding carboxylic acids is 1. The third kappa shape index (κ3) is 4.59. The lowest BCUT2D eigenvalue weighted by atomic mass is 10.2. The van der Waals surface area contributed by atoms with Crippen LogP contribution in [0.15, 0.2) is 49.2 Å². The van der Waals surface area contributed by atoms with Crippen molar-refractivity contribution in [3.05, 3.63) is 66.0 Å². The van der Waals surface area contributed by atoms with Crippen LogP contribution < -0.4 is 5.32 Å². The van der Waals surface area contributed by atoms with Gasteiger partial charge in [0, 0.05) is 25.5 Å². The molecule has 1 N–H and O–H groups in total. The van der Waals surface area contributed by atoms with Gasteiger partial charge in [0.05, 0.1) is 23.8 Å². The highest BCUT2D eigenvalue weighted by Crippen LogP contribution is 2.33. The molecule has 0 fully saturated rings. The van der Waals surface area contributed by atoms with Gasteiger partial charge in [-0.2, -0.15) is 18.3 Å². The summed E-state index contributed by atoms with van der Waals surface area (Å²) in [5.41, 5.74) is -0.398. The van der Waals surface area contributed by atoms with Crippen molar-refractivity contribution >= 4 is 5.91 Å². The second kappa shape index (κ2) is 8.28. The fraction of sp³-hybridized carbons (Fsp3) is 0.316. The first-order valence-corrected chi connectivity index (χ1v) is 8.82. The van der Waals surface area contributed by atoms with E-state index in [1.807, 2.05) is 17.7 Å². The molecule has 28 heavy (non-hydrogen) atoms.